The molecule has 2 N–H and O–H groups in total. The Bertz CT molecular complexity index is 483. The average Bonchev–Trinajstić information content (AvgIpc) is 2.41. The van der Waals surface area contributed by atoms with E-state index in [-0.39, 0.29) is 12.3 Å². The minimum absolute atomic E-state index is 0.109. The van der Waals surface area contributed by atoms with Crippen molar-refractivity contribution in [3.8, 4) is 0 Å². The van der Waals surface area contributed by atoms with Gasteiger partial charge in [-0.15, -0.1) is 0 Å². The van der Waals surface area contributed by atoms with E-state index in [1.54, 1.807) is 11.8 Å². The number of halogens is 3. The molecule has 9 heteroatoms. The summed E-state index contributed by atoms with van der Waals surface area (Å²) < 4.78 is 38.3. The Hall–Kier alpha value is -1.48. The molecule has 0 saturated heterocycles. The normalized spacial score (nSPS) is 11.4. The number of hydrogen-bond donors (Lipinski definition) is 2. The van der Waals surface area contributed by atoms with Gasteiger partial charge in [-0.1, -0.05) is 0 Å². The van der Waals surface area contributed by atoms with Gasteiger partial charge in [-0.3, -0.25) is 10.1 Å². The summed E-state index contributed by atoms with van der Waals surface area (Å²) in [6, 6.07) is 2.85. The van der Waals surface area contributed by atoms with Gasteiger partial charge in [0.2, 0.25) is 0 Å². The first-order valence-corrected chi connectivity index (χ1v) is 7.30. The highest BCUT2D eigenvalue weighted by atomic mass is 32.2. The number of rotatable bonds is 8. The first-order valence-electron chi connectivity index (χ1n) is 6.14. The minimum atomic E-state index is -4.77. The third-order valence-electron chi connectivity index (χ3n) is 2.52. The number of hydrogen-bond acceptors (Lipinski definition) is 5. The number of benzene rings is 1. The summed E-state index contributed by atoms with van der Waals surface area (Å²) in [5.74, 6) is 1.44. The van der Waals surface area contributed by atoms with E-state index in [4.69, 9.17) is 5.11 Å². The fourth-order valence-corrected chi connectivity index (χ4v) is 2.35. The second kappa shape index (κ2) is 8.08. The summed E-state index contributed by atoms with van der Waals surface area (Å²) in [5, 5.41) is 22.0. The minimum Gasteiger partial charge on any atom is -0.396 e. The number of anilines is 1. The molecule has 0 heterocycles. The second-order valence-electron chi connectivity index (χ2n) is 4.10. The zero-order valence-electron chi connectivity index (χ0n) is 11.0. The molecule has 0 aliphatic carbocycles. The Labute approximate surface area is 123 Å². The Morgan fingerprint density at radius 2 is 2.05 bits per heavy atom. The van der Waals surface area contributed by atoms with Crippen molar-refractivity contribution in [3.63, 3.8) is 0 Å². The Morgan fingerprint density at radius 1 is 1.33 bits per heavy atom. The van der Waals surface area contributed by atoms with Gasteiger partial charge in [0.25, 0.3) is 5.69 Å². The number of aliphatic hydroxyl groups is 1. The number of nitrogens with one attached hydrogen (secondary N) is 1. The van der Waals surface area contributed by atoms with Crippen molar-refractivity contribution in [3.05, 3.63) is 33.9 Å². The Morgan fingerprint density at radius 3 is 2.62 bits per heavy atom. The molecule has 0 radical (unpaired) electrons. The maximum atomic E-state index is 12.8. The van der Waals surface area contributed by atoms with Gasteiger partial charge < -0.3 is 10.4 Å². The predicted octanol–water partition coefficient (Wildman–Crippen LogP) is 3.14. The van der Waals surface area contributed by atoms with Crippen LogP contribution in [0.1, 0.15) is 12.0 Å². The molecule has 5 nitrogen and oxygen atoms in total. The lowest BCUT2D eigenvalue weighted by atomic mass is 10.1. The highest BCUT2D eigenvalue weighted by Crippen LogP contribution is 2.37. The maximum absolute atomic E-state index is 12.8. The molecule has 0 spiro atoms. The van der Waals surface area contributed by atoms with Crippen molar-refractivity contribution in [2.75, 3.05) is 30.0 Å². The smallest absolute Gasteiger partial charge is 0.396 e. The zero-order valence-corrected chi connectivity index (χ0v) is 11.8. The van der Waals surface area contributed by atoms with E-state index in [0.717, 1.165) is 17.9 Å². The molecular formula is C12H15F3N2O3S. The molecule has 0 unspecified atom stereocenters. The van der Waals surface area contributed by atoms with Gasteiger partial charge in [0.15, 0.2) is 0 Å². The van der Waals surface area contributed by atoms with Gasteiger partial charge in [0.1, 0.15) is 5.56 Å². The largest absolute Gasteiger partial charge is 0.423 e. The van der Waals surface area contributed by atoms with Crippen molar-refractivity contribution >= 4 is 23.1 Å². The Kier molecular flexibility index (Phi) is 6.76. The van der Waals surface area contributed by atoms with Crippen molar-refractivity contribution in [2.24, 2.45) is 0 Å². The van der Waals surface area contributed by atoms with Crippen LogP contribution in [0, 0.1) is 10.1 Å². The van der Waals surface area contributed by atoms with E-state index >= 15 is 0 Å². The molecule has 0 saturated carbocycles. The van der Waals surface area contributed by atoms with Crippen molar-refractivity contribution < 1.29 is 23.2 Å². The monoisotopic (exact) mass is 324 g/mol. The molecule has 1 rings (SSSR count). The lowest BCUT2D eigenvalue weighted by Crippen LogP contribution is -2.11. The molecule has 1 aromatic carbocycles. The van der Waals surface area contributed by atoms with Crippen molar-refractivity contribution in [1.82, 2.24) is 0 Å². The predicted molar refractivity (Wildman–Crippen MR) is 75.6 cm³/mol. The van der Waals surface area contributed by atoms with Crippen LogP contribution in [0.5, 0.6) is 0 Å². The lowest BCUT2D eigenvalue weighted by molar-refractivity contribution is -0.388. The van der Waals surface area contributed by atoms with Crippen LogP contribution in [0.2, 0.25) is 0 Å². The number of alkyl halides is 3. The summed E-state index contributed by atoms with van der Waals surface area (Å²) in [6.07, 6.45) is -4.10. The van der Waals surface area contributed by atoms with E-state index < -0.39 is 22.4 Å². The molecule has 0 atom stereocenters. The maximum Gasteiger partial charge on any atom is 0.423 e. The van der Waals surface area contributed by atoms with Crippen LogP contribution in [-0.2, 0) is 6.18 Å². The summed E-state index contributed by atoms with van der Waals surface area (Å²) in [6.45, 7) is 0.545. The summed E-state index contributed by atoms with van der Waals surface area (Å²) in [5.41, 5.74) is -2.02. The van der Waals surface area contributed by atoms with Crippen LogP contribution < -0.4 is 5.32 Å². The molecular weight excluding hydrogens is 309 g/mol. The second-order valence-corrected chi connectivity index (χ2v) is 5.33. The topological polar surface area (TPSA) is 75.4 Å². The standard InChI is InChI=1S/C12H15F3N2O3S/c13-12(14,15)10-8-9(2-3-11(10)17(19)20)16-4-7-21-6-1-5-18/h2-3,8,16,18H,1,4-7H2. The van der Waals surface area contributed by atoms with E-state index in [0.29, 0.717) is 18.7 Å². The molecule has 118 valence electrons. The fourth-order valence-electron chi connectivity index (χ4n) is 1.57. The number of nitrogens with zero attached hydrogens (tertiary/aromatic N) is 1. The van der Waals surface area contributed by atoms with Crippen molar-refractivity contribution in [1.29, 1.82) is 0 Å². The van der Waals surface area contributed by atoms with Gasteiger partial charge >= 0.3 is 6.18 Å². The van der Waals surface area contributed by atoms with E-state index in [2.05, 4.69) is 5.32 Å². The fraction of sp³-hybridized carbons (Fsp3) is 0.500. The average molecular weight is 324 g/mol. The Balaban J connectivity index is 2.66. The van der Waals surface area contributed by atoms with Gasteiger partial charge in [-0.05, 0) is 24.3 Å². The molecule has 0 bridgehead atoms. The molecule has 0 aliphatic rings. The van der Waals surface area contributed by atoms with Crippen LogP contribution in [0.25, 0.3) is 0 Å². The number of aliphatic hydroxyl groups excluding tert-OH is 1. The van der Waals surface area contributed by atoms with Crippen LogP contribution in [-0.4, -0.2) is 34.7 Å². The molecule has 0 fully saturated rings. The number of nitro groups is 1. The summed E-state index contributed by atoms with van der Waals surface area (Å²) in [7, 11) is 0. The zero-order chi connectivity index (χ0) is 15.9. The quantitative estimate of drug-likeness (QED) is 0.436. The van der Waals surface area contributed by atoms with Crippen LogP contribution in [0.4, 0.5) is 24.5 Å². The first-order chi connectivity index (χ1) is 9.86. The molecule has 1 aromatic rings. The van der Waals surface area contributed by atoms with Crippen LogP contribution >= 0.6 is 11.8 Å². The molecule has 21 heavy (non-hydrogen) atoms. The highest BCUT2D eigenvalue weighted by Gasteiger charge is 2.38. The SMILES string of the molecule is O=[N+]([O-])c1ccc(NCCSCCCO)cc1C(F)(F)F. The van der Waals surface area contributed by atoms with Gasteiger partial charge in [-0.2, -0.15) is 24.9 Å². The number of thioether (sulfide) groups is 1. The number of nitro benzene ring substituents is 1. The lowest BCUT2D eigenvalue weighted by Gasteiger charge is -2.11. The highest BCUT2D eigenvalue weighted by molar-refractivity contribution is 7.99. The van der Waals surface area contributed by atoms with Crippen LogP contribution in [0.15, 0.2) is 18.2 Å². The molecule has 0 aromatic heterocycles. The van der Waals surface area contributed by atoms with E-state index in [1.165, 1.54) is 6.07 Å². The molecule has 0 amide bonds. The third kappa shape index (κ3) is 5.80. The van der Waals surface area contributed by atoms with Gasteiger partial charge in [-0.25, -0.2) is 0 Å². The first kappa shape index (κ1) is 17.6. The van der Waals surface area contributed by atoms with Gasteiger partial charge in [0, 0.05) is 30.7 Å². The van der Waals surface area contributed by atoms with Gasteiger partial charge in [0.05, 0.1) is 4.92 Å². The van der Waals surface area contributed by atoms with E-state index in [1.807, 2.05) is 0 Å². The van der Waals surface area contributed by atoms with Crippen molar-refractivity contribution in [2.45, 2.75) is 12.6 Å². The van der Waals surface area contributed by atoms with E-state index in [9.17, 15) is 23.3 Å². The summed E-state index contributed by atoms with van der Waals surface area (Å²) >= 11 is 1.56. The summed E-state index contributed by atoms with van der Waals surface area (Å²) in [4.78, 5) is 9.56. The molecule has 0 aliphatic heterocycles. The third-order valence-corrected chi connectivity index (χ3v) is 3.59. The van der Waals surface area contributed by atoms with Crippen LogP contribution in [0.3, 0.4) is 0 Å².